The lowest BCUT2D eigenvalue weighted by molar-refractivity contribution is 0.0857. The number of anilines is 2. The van der Waals surface area contributed by atoms with Gasteiger partial charge in [-0.15, -0.1) is 0 Å². The van der Waals surface area contributed by atoms with Crippen molar-refractivity contribution >= 4 is 34.5 Å². The second-order valence-corrected chi connectivity index (χ2v) is 7.30. The zero-order valence-electron chi connectivity index (χ0n) is 15.3. The third-order valence-corrected chi connectivity index (χ3v) is 5.11. The monoisotopic (exact) mass is 407 g/mol. The van der Waals surface area contributed by atoms with Crippen molar-refractivity contribution in [1.82, 2.24) is 4.90 Å². The maximum Gasteiger partial charge on any atom is 0.175 e. The largest absolute Gasteiger partial charge is 0.376 e. The molecule has 8 heteroatoms. The number of carbonyl (C=O) groups is 1. The Kier molecular flexibility index (Phi) is 6.00. The van der Waals surface area contributed by atoms with Crippen LogP contribution in [-0.2, 0) is 0 Å². The van der Waals surface area contributed by atoms with E-state index in [9.17, 15) is 18.0 Å². The predicted octanol–water partition coefficient (Wildman–Crippen LogP) is 4.01. The standard InChI is InChI=1S/C20H20F3N3OS/c1-25-7-5-12(6-8-25)19(27)13-3-2-4-14(9-13)26(20(24)28)18-11-16(22)15(21)10-17(18)23/h2-4,9-12H,5-8H2,1H3,(H2,24,28). The van der Waals surface area contributed by atoms with E-state index in [1.54, 1.807) is 24.3 Å². The number of nitrogens with two attached hydrogens (primary N) is 1. The molecular weight excluding hydrogens is 387 g/mol. The molecule has 0 bridgehead atoms. The van der Waals surface area contributed by atoms with E-state index < -0.39 is 17.5 Å². The molecule has 0 amide bonds. The van der Waals surface area contributed by atoms with Crippen LogP contribution in [0.4, 0.5) is 24.5 Å². The molecule has 0 atom stereocenters. The Morgan fingerprint density at radius 3 is 2.39 bits per heavy atom. The molecular formula is C20H20F3N3OS. The summed E-state index contributed by atoms with van der Waals surface area (Å²) in [5.41, 5.74) is 6.15. The number of piperidine rings is 1. The molecule has 0 radical (unpaired) electrons. The highest BCUT2D eigenvalue weighted by atomic mass is 32.1. The Morgan fingerprint density at radius 2 is 1.75 bits per heavy atom. The molecule has 1 aliphatic heterocycles. The van der Waals surface area contributed by atoms with E-state index in [0.717, 1.165) is 30.8 Å². The van der Waals surface area contributed by atoms with Gasteiger partial charge < -0.3 is 10.6 Å². The van der Waals surface area contributed by atoms with Gasteiger partial charge in [-0.1, -0.05) is 12.1 Å². The number of hydrogen-bond donors (Lipinski definition) is 1. The number of thiocarbonyl (C=S) groups is 1. The van der Waals surface area contributed by atoms with Crippen molar-refractivity contribution in [2.24, 2.45) is 11.7 Å². The lowest BCUT2D eigenvalue weighted by Crippen LogP contribution is -2.34. The first-order valence-electron chi connectivity index (χ1n) is 8.85. The Bertz CT molecular complexity index is 914. The quantitative estimate of drug-likeness (QED) is 0.472. The maximum absolute atomic E-state index is 14.3. The SMILES string of the molecule is CN1CCC(C(=O)c2cccc(N(C(N)=S)c3cc(F)c(F)cc3F)c2)CC1. The summed E-state index contributed by atoms with van der Waals surface area (Å²) in [6.45, 7) is 1.68. The minimum atomic E-state index is -1.31. The first kappa shape index (κ1) is 20.3. The van der Waals surface area contributed by atoms with Gasteiger partial charge in [0.15, 0.2) is 22.5 Å². The fourth-order valence-corrected chi connectivity index (χ4v) is 3.58. The minimum Gasteiger partial charge on any atom is -0.376 e. The Balaban J connectivity index is 1.95. The lowest BCUT2D eigenvalue weighted by Gasteiger charge is -2.28. The molecule has 0 saturated carbocycles. The van der Waals surface area contributed by atoms with E-state index in [-0.39, 0.29) is 22.5 Å². The van der Waals surface area contributed by atoms with Gasteiger partial charge in [0.05, 0.1) is 5.69 Å². The van der Waals surface area contributed by atoms with Gasteiger partial charge >= 0.3 is 0 Å². The van der Waals surface area contributed by atoms with Gasteiger partial charge in [-0.05, 0) is 57.3 Å². The molecule has 0 unspecified atom stereocenters. The molecule has 2 aromatic rings. The number of ketones is 1. The summed E-state index contributed by atoms with van der Waals surface area (Å²) in [5, 5.41) is -0.256. The Hall–Kier alpha value is -2.45. The molecule has 1 heterocycles. The average molecular weight is 407 g/mol. The molecule has 1 saturated heterocycles. The highest BCUT2D eigenvalue weighted by Gasteiger charge is 2.26. The van der Waals surface area contributed by atoms with Gasteiger partial charge in [0.25, 0.3) is 0 Å². The van der Waals surface area contributed by atoms with Gasteiger partial charge in [-0.25, -0.2) is 13.2 Å². The van der Waals surface area contributed by atoms with E-state index in [4.69, 9.17) is 18.0 Å². The minimum absolute atomic E-state index is 0.0106. The smallest absolute Gasteiger partial charge is 0.175 e. The lowest BCUT2D eigenvalue weighted by atomic mass is 9.89. The van der Waals surface area contributed by atoms with Crippen LogP contribution < -0.4 is 10.6 Å². The molecule has 0 aliphatic carbocycles. The van der Waals surface area contributed by atoms with Crippen molar-refractivity contribution in [2.75, 3.05) is 25.0 Å². The molecule has 0 spiro atoms. The van der Waals surface area contributed by atoms with E-state index in [2.05, 4.69) is 4.90 Å². The third kappa shape index (κ3) is 4.18. The molecule has 2 aromatic carbocycles. The summed E-state index contributed by atoms with van der Waals surface area (Å²) in [6, 6.07) is 7.54. The number of halogens is 3. The van der Waals surface area contributed by atoms with Gasteiger partial charge in [0, 0.05) is 29.3 Å². The van der Waals surface area contributed by atoms with Crippen LogP contribution in [0.2, 0.25) is 0 Å². The van der Waals surface area contributed by atoms with Gasteiger partial charge in [-0.3, -0.25) is 9.69 Å². The molecule has 28 heavy (non-hydrogen) atoms. The zero-order chi connectivity index (χ0) is 20.4. The van der Waals surface area contributed by atoms with Crippen LogP contribution in [0.5, 0.6) is 0 Å². The molecule has 3 rings (SSSR count). The molecule has 4 nitrogen and oxygen atoms in total. The van der Waals surface area contributed by atoms with Crippen molar-refractivity contribution in [2.45, 2.75) is 12.8 Å². The van der Waals surface area contributed by atoms with Crippen LogP contribution in [0.25, 0.3) is 0 Å². The van der Waals surface area contributed by atoms with Crippen molar-refractivity contribution in [3.8, 4) is 0 Å². The van der Waals surface area contributed by atoms with Crippen molar-refractivity contribution in [3.05, 3.63) is 59.4 Å². The predicted molar refractivity (Wildman–Crippen MR) is 106 cm³/mol. The van der Waals surface area contributed by atoms with E-state index in [1.807, 2.05) is 7.05 Å². The van der Waals surface area contributed by atoms with Crippen LogP contribution in [0.3, 0.4) is 0 Å². The van der Waals surface area contributed by atoms with E-state index in [1.165, 1.54) is 0 Å². The number of Topliss-reactive ketones (excluding diaryl/α,β-unsaturated/α-hetero) is 1. The summed E-state index contributed by atoms with van der Waals surface area (Å²) in [4.78, 5) is 16.1. The van der Waals surface area contributed by atoms with Crippen molar-refractivity contribution in [3.63, 3.8) is 0 Å². The van der Waals surface area contributed by atoms with E-state index in [0.29, 0.717) is 23.4 Å². The van der Waals surface area contributed by atoms with Gasteiger partial charge in [0.2, 0.25) is 0 Å². The molecule has 2 N–H and O–H groups in total. The Labute approximate surface area is 166 Å². The number of nitrogens with zero attached hydrogens (tertiary/aromatic N) is 2. The molecule has 1 fully saturated rings. The highest BCUT2D eigenvalue weighted by molar-refractivity contribution is 7.80. The van der Waals surface area contributed by atoms with Crippen molar-refractivity contribution in [1.29, 1.82) is 0 Å². The van der Waals surface area contributed by atoms with E-state index >= 15 is 0 Å². The number of hydrogen-bond acceptors (Lipinski definition) is 3. The maximum atomic E-state index is 14.3. The fourth-order valence-electron chi connectivity index (χ4n) is 3.37. The number of rotatable bonds is 4. The molecule has 1 aliphatic rings. The number of likely N-dealkylation sites (tertiary alicyclic amines) is 1. The van der Waals surface area contributed by atoms with Crippen LogP contribution in [-0.4, -0.2) is 35.9 Å². The second kappa shape index (κ2) is 8.28. The molecule has 148 valence electrons. The summed E-state index contributed by atoms with van der Waals surface area (Å²) in [7, 11) is 2.01. The van der Waals surface area contributed by atoms with Crippen LogP contribution >= 0.6 is 12.2 Å². The first-order valence-corrected chi connectivity index (χ1v) is 9.25. The summed E-state index contributed by atoms with van der Waals surface area (Å²) in [5.74, 6) is -3.65. The zero-order valence-corrected chi connectivity index (χ0v) is 16.1. The molecule has 0 aromatic heterocycles. The Morgan fingerprint density at radius 1 is 1.11 bits per heavy atom. The summed E-state index contributed by atoms with van der Waals surface area (Å²) >= 11 is 4.99. The number of benzene rings is 2. The van der Waals surface area contributed by atoms with Gasteiger partial charge in [0.1, 0.15) is 5.82 Å². The highest BCUT2D eigenvalue weighted by Crippen LogP contribution is 2.31. The summed E-state index contributed by atoms with van der Waals surface area (Å²) in [6.07, 6.45) is 1.52. The third-order valence-electron chi connectivity index (χ3n) is 4.93. The number of carbonyl (C=O) groups excluding carboxylic acids is 1. The second-order valence-electron chi connectivity index (χ2n) is 6.88. The topological polar surface area (TPSA) is 49.6 Å². The van der Waals surface area contributed by atoms with Crippen LogP contribution in [0, 0.1) is 23.4 Å². The summed E-state index contributed by atoms with van der Waals surface area (Å²) < 4.78 is 41.2. The average Bonchev–Trinajstić information content (AvgIpc) is 2.66. The van der Waals surface area contributed by atoms with Crippen LogP contribution in [0.15, 0.2) is 36.4 Å². The fraction of sp³-hybridized carbons (Fsp3) is 0.300. The first-order chi connectivity index (χ1) is 13.3. The van der Waals surface area contributed by atoms with Gasteiger partial charge in [-0.2, -0.15) is 0 Å². The van der Waals surface area contributed by atoms with Crippen molar-refractivity contribution < 1.29 is 18.0 Å². The van der Waals surface area contributed by atoms with Crippen LogP contribution in [0.1, 0.15) is 23.2 Å². The normalized spacial score (nSPS) is 15.4.